The Kier molecular flexibility index (Phi) is 17.2. The quantitative estimate of drug-likeness (QED) is 0.419. The molecule has 29 valence electrons. The number of nitrogens with zero attached hydrogens (tertiary/aromatic N) is 2. The molecule has 0 unspecified atom stereocenters. The molecular weight excluding hydrogens is 116 g/mol. The van der Waals surface area contributed by atoms with Crippen LogP contribution in [0.5, 0.6) is 0 Å². The van der Waals surface area contributed by atoms with E-state index in [1.54, 1.807) is 0 Å². The SMILES string of the molecule is N#CC#N.[Cu]. The predicted octanol–water partition coefficient (Wildman–Crippen LogP) is 0.0311. The van der Waals surface area contributed by atoms with E-state index < -0.39 is 0 Å². The van der Waals surface area contributed by atoms with Crippen LogP contribution in [0.15, 0.2) is 0 Å². The van der Waals surface area contributed by atoms with Gasteiger partial charge in [0.25, 0.3) is 0 Å². The molecule has 0 saturated carbocycles. The van der Waals surface area contributed by atoms with E-state index in [1.807, 2.05) is 0 Å². The predicted molar refractivity (Wildman–Crippen MR) is 11.2 cm³/mol. The van der Waals surface area contributed by atoms with Crippen molar-refractivity contribution in [3.05, 3.63) is 0 Å². The summed E-state index contributed by atoms with van der Waals surface area (Å²) in [7, 11) is 0. The van der Waals surface area contributed by atoms with Crippen LogP contribution in [0, 0.1) is 22.7 Å². The van der Waals surface area contributed by atoms with Crippen LogP contribution in [-0.4, -0.2) is 0 Å². The Morgan fingerprint density at radius 3 is 1.20 bits per heavy atom. The van der Waals surface area contributed by atoms with E-state index in [0.717, 1.165) is 0 Å². The number of nitriles is 2. The van der Waals surface area contributed by atoms with Crippen LogP contribution in [0.25, 0.3) is 0 Å². The van der Waals surface area contributed by atoms with E-state index in [9.17, 15) is 0 Å². The molecular formula is C2CuN2. The van der Waals surface area contributed by atoms with Gasteiger partial charge in [-0.25, -0.2) is 0 Å². The molecule has 1 radical (unpaired) electrons. The molecule has 0 aromatic rings. The van der Waals surface area contributed by atoms with Gasteiger partial charge in [-0.1, -0.05) is 0 Å². The van der Waals surface area contributed by atoms with Crippen molar-refractivity contribution < 1.29 is 17.1 Å². The molecule has 0 bridgehead atoms. The molecule has 0 spiro atoms. The van der Waals surface area contributed by atoms with Gasteiger partial charge < -0.3 is 0 Å². The fourth-order valence-electron chi connectivity index (χ4n) is 0. The van der Waals surface area contributed by atoms with Crippen LogP contribution in [0.4, 0.5) is 0 Å². The third kappa shape index (κ3) is 31.5. The Morgan fingerprint density at radius 2 is 1.20 bits per heavy atom. The summed E-state index contributed by atoms with van der Waals surface area (Å²) in [5, 5.41) is 14.5. The Hall–Kier alpha value is -0.501. The van der Waals surface area contributed by atoms with Crippen molar-refractivity contribution in [2.45, 2.75) is 0 Å². The standard InChI is InChI=1S/C2N2.Cu/c3-1-2-4;. The molecule has 0 heterocycles. The maximum absolute atomic E-state index is 7.26. The second-order valence-electron chi connectivity index (χ2n) is 0.224. The number of hydrogen-bond donors (Lipinski definition) is 0. The minimum absolute atomic E-state index is 0. The van der Waals surface area contributed by atoms with Gasteiger partial charge in [0.1, 0.15) is 0 Å². The van der Waals surface area contributed by atoms with Crippen LogP contribution in [-0.2, 0) is 17.1 Å². The second kappa shape index (κ2) is 9.72. The van der Waals surface area contributed by atoms with Crippen molar-refractivity contribution in [1.29, 1.82) is 10.5 Å². The van der Waals surface area contributed by atoms with E-state index in [0.29, 0.717) is 0 Å². The van der Waals surface area contributed by atoms with Crippen LogP contribution in [0.3, 0.4) is 0 Å². The summed E-state index contributed by atoms with van der Waals surface area (Å²) >= 11 is 0. The molecule has 0 N–H and O–H groups in total. The summed E-state index contributed by atoms with van der Waals surface area (Å²) in [6.07, 6.45) is 0. The molecule has 3 heteroatoms. The van der Waals surface area contributed by atoms with E-state index in [-0.39, 0.29) is 17.1 Å². The molecule has 0 aromatic carbocycles. The molecule has 0 aromatic heterocycles. The van der Waals surface area contributed by atoms with Gasteiger partial charge in [0.15, 0.2) is 12.1 Å². The summed E-state index contributed by atoms with van der Waals surface area (Å²) in [5.41, 5.74) is 0. The minimum atomic E-state index is 0. The van der Waals surface area contributed by atoms with Gasteiger partial charge in [-0.3, -0.25) is 0 Å². The summed E-state index contributed by atoms with van der Waals surface area (Å²) < 4.78 is 0. The number of rotatable bonds is 0. The van der Waals surface area contributed by atoms with Gasteiger partial charge in [0.05, 0.1) is 0 Å². The average molecular weight is 116 g/mol. The monoisotopic (exact) mass is 115 g/mol. The van der Waals surface area contributed by atoms with E-state index in [4.69, 9.17) is 10.5 Å². The van der Waals surface area contributed by atoms with Crippen molar-refractivity contribution in [2.75, 3.05) is 0 Å². The topological polar surface area (TPSA) is 47.6 Å². The summed E-state index contributed by atoms with van der Waals surface area (Å²) in [4.78, 5) is 0. The van der Waals surface area contributed by atoms with Gasteiger partial charge in [-0.2, -0.15) is 10.5 Å². The maximum Gasteiger partial charge on any atom is 0.181 e. The van der Waals surface area contributed by atoms with Crippen LogP contribution < -0.4 is 0 Å². The van der Waals surface area contributed by atoms with Crippen molar-refractivity contribution in [2.24, 2.45) is 0 Å². The Balaban J connectivity index is 0. The fraction of sp³-hybridized carbons (Fsp3) is 0. The zero-order valence-electron chi connectivity index (χ0n) is 2.20. The first kappa shape index (κ1) is 8.82. The van der Waals surface area contributed by atoms with Gasteiger partial charge in [0.2, 0.25) is 0 Å². The second-order valence-corrected chi connectivity index (χ2v) is 0.224. The zero-order chi connectivity index (χ0) is 3.41. The molecule has 0 aliphatic carbocycles. The summed E-state index contributed by atoms with van der Waals surface area (Å²) in [5.74, 6) is 0. The molecule has 0 amide bonds. The van der Waals surface area contributed by atoms with E-state index in [1.165, 1.54) is 12.1 Å². The van der Waals surface area contributed by atoms with Gasteiger partial charge in [-0.15, -0.1) is 0 Å². The first-order valence-electron chi connectivity index (χ1n) is 0.697. The summed E-state index contributed by atoms with van der Waals surface area (Å²) in [6, 6.07) is 2.47. The van der Waals surface area contributed by atoms with Crippen molar-refractivity contribution in [3.63, 3.8) is 0 Å². The third-order valence-corrected chi connectivity index (χ3v) is 0.0500. The van der Waals surface area contributed by atoms with Crippen LogP contribution in [0.2, 0.25) is 0 Å². The van der Waals surface area contributed by atoms with E-state index in [2.05, 4.69) is 0 Å². The van der Waals surface area contributed by atoms with Gasteiger partial charge in [0, 0.05) is 17.1 Å². The fourth-order valence-corrected chi connectivity index (χ4v) is 0. The van der Waals surface area contributed by atoms with Crippen LogP contribution >= 0.6 is 0 Å². The largest absolute Gasteiger partial charge is 0.181 e. The normalized spacial score (nSPS) is 2.00. The Bertz CT molecular complexity index is 62.6. The molecule has 0 saturated heterocycles. The maximum atomic E-state index is 7.26. The molecule has 0 rings (SSSR count). The Labute approximate surface area is 40.5 Å². The third-order valence-electron chi connectivity index (χ3n) is 0.0500. The zero-order valence-corrected chi connectivity index (χ0v) is 3.14. The van der Waals surface area contributed by atoms with Gasteiger partial charge >= 0.3 is 0 Å². The first-order chi connectivity index (χ1) is 1.91. The van der Waals surface area contributed by atoms with Crippen molar-refractivity contribution in [3.8, 4) is 12.1 Å². The molecule has 5 heavy (non-hydrogen) atoms. The van der Waals surface area contributed by atoms with Gasteiger partial charge in [-0.05, 0) is 0 Å². The average Bonchev–Trinajstić information content (AvgIpc) is 1.37. The molecule has 0 atom stereocenters. The van der Waals surface area contributed by atoms with E-state index >= 15 is 0 Å². The number of hydrogen-bond acceptors (Lipinski definition) is 2. The van der Waals surface area contributed by atoms with Crippen molar-refractivity contribution >= 4 is 0 Å². The molecule has 0 aliphatic heterocycles. The minimum Gasteiger partial charge on any atom is -0.181 e. The molecule has 0 fully saturated rings. The summed E-state index contributed by atoms with van der Waals surface area (Å²) in [6.45, 7) is 0. The van der Waals surface area contributed by atoms with Crippen molar-refractivity contribution in [1.82, 2.24) is 0 Å². The van der Waals surface area contributed by atoms with Crippen LogP contribution in [0.1, 0.15) is 0 Å². The first-order valence-corrected chi connectivity index (χ1v) is 0.697. The smallest absolute Gasteiger partial charge is 0.181 e. The molecule has 0 aliphatic rings. The molecule has 2 nitrogen and oxygen atoms in total. The Morgan fingerprint density at radius 1 is 1.00 bits per heavy atom.